The van der Waals surface area contributed by atoms with Crippen LogP contribution in [0, 0.1) is 0 Å². The Morgan fingerprint density at radius 1 is 0.575 bits per heavy atom. The Labute approximate surface area is 230 Å². The molecule has 0 spiro atoms. The largest absolute Gasteiger partial charge is 0.316 e. The number of hydrogen-bond donors (Lipinski definition) is 0. The Morgan fingerprint density at radius 3 is 1.98 bits per heavy atom. The molecular formula is C34H22N2O4. The highest BCUT2D eigenvalue weighted by molar-refractivity contribution is 6.35. The molecule has 2 aliphatic rings. The van der Waals surface area contributed by atoms with Gasteiger partial charge in [-0.1, -0.05) is 91.0 Å². The van der Waals surface area contributed by atoms with Crippen molar-refractivity contribution in [2.24, 2.45) is 0 Å². The lowest BCUT2D eigenvalue weighted by atomic mass is 10.0. The lowest BCUT2D eigenvalue weighted by Crippen LogP contribution is -2.29. The number of rotatable bonds is 5. The second kappa shape index (κ2) is 9.13. The topological polar surface area (TPSA) is 74.5 Å². The van der Waals surface area contributed by atoms with Crippen molar-refractivity contribution in [2.75, 3.05) is 4.90 Å². The Kier molecular flexibility index (Phi) is 5.42. The van der Waals surface area contributed by atoms with Gasteiger partial charge in [0.1, 0.15) is 6.04 Å². The van der Waals surface area contributed by atoms with E-state index < -0.39 is 23.9 Å². The number of benzene rings is 5. The predicted octanol–water partition coefficient (Wildman–Crippen LogP) is 6.09. The van der Waals surface area contributed by atoms with Crippen molar-refractivity contribution in [3.05, 3.63) is 149 Å². The van der Waals surface area contributed by atoms with Crippen LogP contribution in [0.5, 0.6) is 0 Å². The fraction of sp³-hybridized carbons (Fsp3) is 0.0588. The van der Waals surface area contributed by atoms with Crippen LogP contribution in [0.3, 0.4) is 0 Å². The van der Waals surface area contributed by atoms with E-state index in [1.165, 1.54) is 12.1 Å². The van der Waals surface area contributed by atoms with Gasteiger partial charge in [-0.05, 0) is 46.7 Å². The Morgan fingerprint density at radius 2 is 1.23 bits per heavy atom. The summed E-state index contributed by atoms with van der Waals surface area (Å²) in [4.78, 5) is 56.6. The highest BCUT2D eigenvalue weighted by atomic mass is 16.2. The van der Waals surface area contributed by atoms with Gasteiger partial charge in [-0.3, -0.25) is 19.2 Å². The van der Waals surface area contributed by atoms with Gasteiger partial charge in [0.2, 0.25) is 0 Å². The van der Waals surface area contributed by atoms with E-state index in [0.29, 0.717) is 11.3 Å². The molecule has 40 heavy (non-hydrogen) atoms. The van der Waals surface area contributed by atoms with Crippen LogP contribution in [0.25, 0.3) is 10.8 Å². The van der Waals surface area contributed by atoms with Crippen LogP contribution in [0.4, 0.5) is 5.69 Å². The number of hydrogen-bond acceptors (Lipinski definition) is 4. The Balaban J connectivity index is 1.21. The first kappa shape index (κ1) is 23.7. The number of amides is 3. The fourth-order valence-corrected chi connectivity index (χ4v) is 5.59. The molecular weight excluding hydrogens is 500 g/mol. The first-order valence-electron chi connectivity index (χ1n) is 13.0. The van der Waals surface area contributed by atoms with Gasteiger partial charge in [-0.15, -0.1) is 0 Å². The Hall–Kier alpha value is -5.36. The third kappa shape index (κ3) is 3.73. The molecule has 0 radical (unpaired) electrons. The van der Waals surface area contributed by atoms with Gasteiger partial charge in [0.15, 0.2) is 5.78 Å². The highest BCUT2D eigenvalue weighted by Crippen LogP contribution is 2.46. The number of fused-ring (bicyclic) bond motifs is 2. The van der Waals surface area contributed by atoms with E-state index in [4.69, 9.17) is 0 Å². The quantitative estimate of drug-likeness (QED) is 0.159. The molecule has 5 aromatic rings. The maximum absolute atomic E-state index is 13.8. The van der Waals surface area contributed by atoms with E-state index in [2.05, 4.69) is 0 Å². The summed E-state index contributed by atoms with van der Waals surface area (Å²) in [5.74, 6) is -1.42. The van der Waals surface area contributed by atoms with Gasteiger partial charge in [0.05, 0.1) is 22.9 Å². The smallest absolute Gasteiger partial charge is 0.266 e. The van der Waals surface area contributed by atoms with Crippen molar-refractivity contribution in [3.8, 4) is 0 Å². The summed E-state index contributed by atoms with van der Waals surface area (Å²) in [6.07, 6.45) is 0. The average Bonchev–Trinajstić information content (AvgIpc) is 3.71. The second-order valence-electron chi connectivity index (χ2n) is 9.98. The SMILES string of the molecule is O=C(c1ccccc1)[C@@H]1[C@H](c2ccccc2)N1C(=O)c1ccc2c(c1)C(=O)N(c1ccc3ccccc3c1)C2=O. The maximum atomic E-state index is 13.8. The molecule has 0 aromatic heterocycles. The van der Waals surface area contributed by atoms with Crippen LogP contribution in [0.2, 0.25) is 0 Å². The molecule has 0 aliphatic carbocycles. The van der Waals surface area contributed by atoms with Gasteiger partial charge in [-0.2, -0.15) is 0 Å². The maximum Gasteiger partial charge on any atom is 0.266 e. The van der Waals surface area contributed by atoms with Crippen LogP contribution in [0.15, 0.2) is 121 Å². The molecule has 1 saturated heterocycles. The second-order valence-corrected chi connectivity index (χ2v) is 9.98. The van der Waals surface area contributed by atoms with Crippen molar-refractivity contribution in [2.45, 2.75) is 12.1 Å². The number of nitrogens with zero attached hydrogens (tertiary/aromatic N) is 2. The van der Waals surface area contributed by atoms with Crippen LogP contribution in [-0.2, 0) is 0 Å². The van der Waals surface area contributed by atoms with Gasteiger partial charge < -0.3 is 4.90 Å². The number of carbonyl (C=O) groups excluding carboxylic acids is 4. The number of Topliss-reactive ketones (excluding diaryl/α,β-unsaturated/α-hetero) is 1. The molecule has 0 unspecified atom stereocenters. The summed E-state index contributed by atoms with van der Waals surface area (Å²) in [7, 11) is 0. The molecule has 7 rings (SSSR count). The minimum Gasteiger partial charge on any atom is -0.316 e. The van der Waals surface area contributed by atoms with Crippen molar-refractivity contribution in [1.82, 2.24) is 4.90 Å². The normalized spacial score (nSPS) is 17.7. The number of ketones is 1. The van der Waals surface area contributed by atoms with Crippen LogP contribution < -0.4 is 4.90 Å². The van der Waals surface area contributed by atoms with E-state index in [9.17, 15) is 19.2 Å². The van der Waals surface area contributed by atoms with Crippen molar-refractivity contribution in [1.29, 1.82) is 0 Å². The van der Waals surface area contributed by atoms with Gasteiger partial charge in [0.25, 0.3) is 17.7 Å². The zero-order valence-electron chi connectivity index (χ0n) is 21.2. The summed E-state index contributed by atoms with van der Waals surface area (Å²) in [5.41, 5.74) is 2.54. The summed E-state index contributed by atoms with van der Waals surface area (Å²) in [5, 5.41) is 1.91. The minimum absolute atomic E-state index is 0.141. The molecule has 6 heteroatoms. The number of carbonyl (C=O) groups is 4. The van der Waals surface area contributed by atoms with Crippen molar-refractivity contribution >= 4 is 40.0 Å². The lowest BCUT2D eigenvalue weighted by molar-refractivity contribution is 0.0833. The van der Waals surface area contributed by atoms with E-state index in [1.54, 1.807) is 41.3 Å². The first-order chi connectivity index (χ1) is 19.5. The molecule has 0 N–H and O–H groups in total. The van der Waals surface area contributed by atoms with Gasteiger partial charge in [0, 0.05) is 11.1 Å². The molecule has 6 nitrogen and oxygen atoms in total. The summed E-state index contributed by atoms with van der Waals surface area (Å²) in [6.45, 7) is 0. The highest BCUT2D eigenvalue weighted by Gasteiger charge is 2.56. The zero-order chi connectivity index (χ0) is 27.4. The minimum atomic E-state index is -0.656. The molecule has 0 saturated carbocycles. The number of imide groups is 1. The summed E-state index contributed by atoms with van der Waals surface area (Å²) >= 11 is 0. The predicted molar refractivity (Wildman–Crippen MR) is 151 cm³/mol. The molecule has 3 amide bonds. The third-order valence-corrected chi connectivity index (χ3v) is 7.64. The van der Waals surface area contributed by atoms with Crippen LogP contribution >= 0.6 is 0 Å². The average molecular weight is 523 g/mol. The first-order valence-corrected chi connectivity index (χ1v) is 13.0. The molecule has 1 fully saturated rings. The molecule has 2 heterocycles. The zero-order valence-corrected chi connectivity index (χ0v) is 21.2. The van der Waals surface area contributed by atoms with Crippen LogP contribution in [0.1, 0.15) is 53.0 Å². The van der Waals surface area contributed by atoms with E-state index in [-0.39, 0.29) is 28.4 Å². The molecule has 2 aliphatic heterocycles. The van der Waals surface area contributed by atoms with E-state index >= 15 is 0 Å². The molecule has 2 atom stereocenters. The van der Waals surface area contributed by atoms with Crippen molar-refractivity contribution < 1.29 is 19.2 Å². The third-order valence-electron chi connectivity index (χ3n) is 7.64. The standard InChI is InChI=1S/C34H22N2O4/c37-31(23-12-5-2-6-13-23)30-29(22-10-3-1-4-11-22)36(30)32(38)25-16-18-27-28(20-25)34(40)35(33(27)39)26-17-15-21-9-7-8-14-24(21)19-26/h1-20,29-30H/t29-,30-,36?/m0/s1. The molecule has 0 bridgehead atoms. The monoisotopic (exact) mass is 522 g/mol. The van der Waals surface area contributed by atoms with Gasteiger partial charge in [-0.25, -0.2) is 4.90 Å². The summed E-state index contributed by atoms with van der Waals surface area (Å²) < 4.78 is 0. The number of anilines is 1. The Bertz CT molecular complexity index is 1850. The van der Waals surface area contributed by atoms with E-state index in [0.717, 1.165) is 21.2 Å². The van der Waals surface area contributed by atoms with Crippen molar-refractivity contribution in [3.63, 3.8) is 0 Å². The van der Waals surface area contributed by atoms with Gasteiger partial charge >= 0.3 is 0 Å². The molecule has 192 valence electrons. The van der Waals surface area contributed by atoms with Crippen LogP contribution in [-0.4, -0.2) is 34.4 Å². The lowest BCUT2D eigenvalue weighted by Gasteiger charge is -2.14. The summed E-state index contributed by atoms with van der Waals surface area (Å²) in [6, 6.07) is 35.0. The molecule has 5 aromatic carbocycles. The van der Waals surface area contributed by atoms with E-state index in [1.807, 2.05) is 72.8 Å². The fourth-order valence-electron chi connectivity index (χ4n) is 5.59.